The summed E-state index contributed by atoms with van der Waals surface area (Å²) in [6.45, 7) is 5.32. The molecule has 0 fully saturated rings. The van der Waals surface area contributed by atoms with Gasteiger partial charge in [0, 0.05) is 12.2 Å². The van der Waals surface area contributed by atoms with E-state index in [1.54, 1.807) is 0 Å². The van der Waals surface area contributed by atoms with Gasteiger partial charge in [0.1, 0.15) is 0 Å². The number of aliphatic carboxylic acids is 1. The summed E-state index contributed by atoms with van der Waals surface area (Å²) in [6.07, 6.45) is 0.940. The maximum Gasteiger partial charge on any atom is 0.304 e. The smallest absolute Gasteiger partial charge is 0.304 e. The van der Waals surface area contributed by atoms with Crippen LogP contribution in [0.2, 0.25) is 0 Å². The Morgan fingerprint density at radius 3 is 2.40 bits per heavy atom. The molecule has 0 unspecified atom stereocenters. The number of hydrogen-bond acceptors (Lipinski definition) is 3. The molecule has 20 heavy (non-hydrogen) atoms. The average Bonchev–Trinajstić information content (AvgIpc) is 2.39. The van der Waals surface area contributed by atoms with Crippen molar-refractivity contribution in [3.05, 3.63) is 29.8 Å². The van der Waals surface area contributed by atoms with Crippen molar-refractivity contribution < 1.29 is 14.7 Å². The van der Waals surface area contributed by atoms with Gasteiger partial charge in [-0.25, -0.2) is 0 Å². The summed E-state index contributed by atoms with van der Waals surface area (Å²) < 4.78 is 0. The lowest BCUT2D eigenvalue weighted by Crippen LogP contribution is -2.35. The van der Waals surface area contributed by atoms with E-state index in [0.717, 1.165) is 17.7 Å². The van der Waals surface area contributed by atoms with Crippen molar-refractivity contribution in [3.8, 4) is 0 Å². The van der Waals surface area contributed by atoms with Gasteiger partial charge in [-0.05, 0) is 32.0 Å². The maximum absolute atomic E-state index is 11.9. The van der Waals surface area contributed by atoms with Crippen LogP contribution in [0.4, 0.5) is 5.69 Å². The number of nitrogens with zero attached hydrogens (tertiary/aromatic N) is 1. The van der Waals surface area contributed by atoms with E-state index < -0.39 is 5.97 Å². The number of anilines is 1. The third kappa shape index (κ3) is 6.33. The van der Waals surface area contributed by atoms with Crippen molar-refractivity contribution >= 4 is 17.6 Å². The van der Waals surface area contributed by atoms with Gasteiger partial charge in [-0.1, -0.05) is 24.6 Å². The van der Waals surface area contributed by atoms with Crippen molar-refractivity contribution in [3.63, 3.8) is 0 Å². The van der Waals surface area contributed by atoms with Gasteiger partial charge in [-0.3, -0.25) is 14.5 Å². The first-order valence-electron chi connectivity index (χ1n) is 6.82. The molecule has 0 atom stereocenters. The first-order valence-corrected chi connectivity index (χ1v) is 6.82. The lowest BCUT2D eigenvalue weighted by Gasteiger charge is -2.20. The number of benzene rings is 1. The summed E-state index contributed by atoms with van der Waals surface area (Å²) in [5, 5.41) is 11.5. The molecule has 0 aliphatic rings. The van der Waals surface area contributed by atoms with Gasteiger partial charge in [0.05, 0.1) is 13.0 Å². The highest BCUT2D eigenvalue weighted by molar-refractivity contribution is 5.92. The molecular formula is C15H22N2O3. The van der Waals surface area contributed by atoms with Crippen molar-refractivity contribution in [2.24, 2.45) is 0 Å². The van der Waals surface area contributed by atoms with Crippen molar-refractivity contribution in [2.45, 2.75) is 26.7 Å². The summed E-state index contributed by atoms with van der Waals surface area (Å²) in [7, 11) is 0. The predicted molar refractivity (Wildman–Crippen MR) is 78.8 cm³/mol. The third-order valence-electron chi connectivity index (χ3n) is 2.88. The maximum atomic E-state index is 11.9. The molecule has 1 amide bonds. The Balaban J connectivity index is 2.48. The molecule has 0 aliphatic carbocycles. The molecule has 0 radical (unpaired) electrons. The van der Waals surface area contributed by atoms with E-state index in [0.29, 0.717) is 13.1 Å². The van der Waals surface area contributed by atoms with Crippen LogP contribution in [0.25, 0.3) is 0 Å². The van der Waals surface area contributed by atoms with E-state index >= 15 is 0 Å². The van der Waals surface area contributed by atoms with E-state index in [9.17, 15) is 9.59 Å². The molecule has 1 aromatic carbocycles. The van der Waals surface area contributed by atoms with Crippen molar-refractivity contribution in [1.82, 2.24) is 4.90 Å². The zero-order valence-corrected chi connectivity index (χ0v) is 12.1. The number of nitrogens with one attached hydrogen (secondary N) is 1. The standard InChI is InChI=1S/C15H22N2O3/c1-3-9-17(10-8-15(19)20)11-14(18)16-13-6-4-12(2)5-7-13/h4-7H,3,8-11H2,1-2H3,(H,16,18)(H,19,20). The number of carbonyl (C=O) groups is 2. The predicted octanol–water partition coefficient (Wildman–Crippen LogP) is 2.12. The molecular weight excluding hydrogens is 256 g/mol. The molecule has 0 aromatic heterocycles. The van der Waals surface area contributed by atoms with Crippen LogP contribution < -0.4 is 5.32 Å². The zero-order chi connectivity index (χ0) is 15.0. The molecule has 0 saturated carbocycles. The second kappa shape index (κ2) is 8.32. The first kappa shape index (κ1) is 16.2. The molecule has 5 heteroatoms. The fourth-order valence-electron chi connectivity index (χ4n) is 1.88. The molecule has 0 saturated heterocycles. The summed E-state index contributed by atoms with van der Waals surface area (Å²) in [5.74, 6) is -0.960. The highest BCUT2D eigenvalue weighted by Gasteiger charge is 2.11. The van der Waals surface area contributed by atoms with Crippen LogP contribution in [-0.4, -0.2) is 41.5 Å². The monoisotopic (exact) mass is 278 g/mol. The van der Waals surface area contributed by atoms with Crippen LogP contribution in [0.1, 0.15) is 25.3 Å². The molecule has 1 rings (SSSR count). The largest absolute Gasteiger partial charge is 0.481 e. The molecule has 110 valence electrons. The Kier molecular flexibility index (Phi) is 6.73. The Bertz CT molecular complexity index is 443. The normalized spacial score (nSPS) is 10.6. The minimum absolute atomic E-state index is 0.0534. The lowest BCUT2D eigenvalue weighted by atomic mass is 10.2. The van der Waals surface area contributed by atoms with Crippen LogP contribution in [0.5, 0.6) is 0 Å². The minimum atomic E-state index is -0.843. The Hall–Kier alpha value is -1.88. The number of hydrogen-bond donors (Lipinski definition) is 2. The van der Waals surface area contributed by atoms with Crippen LogP contribution >= 0.6 is 0 Å². The Morgan fingerprint density at radius 1 is 1.20 bits per heavy atom. The topological polar surface area (TPSA) is 69.6 Å². The summed E-state index contributed by atoms with van der Waals surface area (Å²) in [4.78, 5) is 24.4. The highest BCUT2D eigenvalue weighted by atomic mass is 16.4. The molecule has 0 bridgehead atoms. The van der Waals surface area contributed by atoms with Crippen LogP contribution in [-0.2, 0) is 9.59 Å². The SMILES string of the molecule is CCCN(CCC(=O)O)CC(=O)Nc1ccc(C)cc1. The molecule has 0 spiro atoms. The number of rotatable bonds is 8. The lowest BCUT2D eigenvalue weighted by molar-refractivity contribution is -0.137. The first-order chi connectivity index (χ1) is 9.51. The fourth-order valence-corrected chi connectivity index (χ4v) is 1.88. The zero-order valence-electron chi connectivity index (χ0n) is 12.1. The van der Waals surface area contributed by atoms with E-state index in [-0.39, 0.29) is 18.9 Å². The average molecular weight is 278 g/mol. The Morgan fingerprint density at radius 2 is 1.85 bits per heavy atom. The van der Waals surface area contributed by atoms with Gasteiger partial charge in [-0.15, -0.1) is 0 Å². The van der Waals surface area contributed by atoms with Crippen molar-refractivity contribution in [1.29, 1.82) is 0 Å². The summed E-state index contributed by atoms with van der Waals surface area (Å²) in [6, 6.07) is 7.58. The number of carboxylic acids is 1. The van der Waals surface area contributed by atoms with Crippen molar-refractivity contribution in [2.75, 3.05) is 25.0 Å². The van der Waals surface area contributed by atoms with Crippen LogP contribution in [0.15, 0.2) is 24.3 Å². The van der Waals surface area contributed by atoms with E-state index in [1.807, 2.05) is 43.0 Å². The molecule has 2 N–H and O–H groups in total. The summed E-state index contributed by atoms with van der Waals surface area (Å²) in [5.41, 5.74) is 1.90. The third-order valence-corrected chi connectivity index (χ3v) is 2.88. The second-order valence-electron chi connectivity index (χ2n) is 4.83. The van der Waals surface area contributed by atoms with Crippen LogP contribution in [0, 0.1) is 6.92 Å². The number of carboxylic acid groups (broad SMARTS) is 1. The second-order valence-corrected chi connectivity index (χ2v) is 4.83. The quantitative estimate of drug-likeness (QED) is 0.764. The van der Waals surface area contributed by atoms with Gasteiger partial charge < -0.3 is 10.4 Å². The Labute approximate surface area is 119 Å². The van der Waals surface area contributed by atoms with E-state index in [4.69, 9.17) is 5.11 Å². The summed E-state index contributed by atoms with van der Waals surface area (Å²) >= 11 is 0. The highest BCUT2D eigenvalue weighted by Crippen LogP contribution is 2.08. The fraction of sp³-hybridized carbons (Fsp3) is 0.467. The van der Waals surface area contributed by atoms with E-state index in [1.165, 1.54) is 0 Å². The molecule has 0 heterocycles. The van der Waals surface area contributed by atoms with Gasteiger partial charge in [-0.2, -0.15) is 0 Å². The van der Waals surface area contributed by atoms with Gasteiger partial charge in [0.15, 0.2) is 0 Å². The van der Waals surface area contributed by atoms with Gasteiger partial charge >= 0.3 is 5.97 Å². The molecule has 5 nitrogen and oxygen atoms in total. The number of carbonyl (C=O) groups excluding carboxylic acids is 1. The number of aryl methyl sites for hydroxylation is 1. The minimum Gasteiger partial charge on any atom is -0.481 e. The van der Waals surface area contributed by atoms with Crippen LogP contribution in [0.3, 0.4) is 0 Å². The van der Waals surface area contributed by atoms with Gasteiger partial charge in [0.2, 0.25) is 5.91 Å². The molecule has 0 aliphatic heterocycles. The molecule has 1 aromatic rings. The van der Waals surface area contributed by atoms with Gasteiger partial charge in [0.25, 0.3) is 0 Å². The van der Waals surface area contributed by atoms with E-state index in [2.05, 4.69) is 5.32 Å². The number of amides is 1.